The van der Waals surface area contributed by atoms with Crippen LogP contribution in [0.3, 0.4) is 0 Å². The van der Waals surface area contributed by atoms with Gasteiger partial charge in [-0.15, -0.1) is 12.4 Å². The van der Waals surface area contributed by atoms with E-state index in [1.807, 2.05) is 29.2 Å². The van der Waals surface area contributed by atoms with Gasteiger partial charge in [-0.25, -0.2) is 9.59 Å². The molecule has 0 saturated carbocycles. The smallest absolute Gasteiger partial charge is 0.337 e. The molecule has 0 aromatic heterocycles. The van der Waals surface area contributed by atoms with E-state index in [4.69, 9.17) is 11.6 Å². The highest BCUT2D eigenvalue weighted by Gasteiger charge is 2.27. The van der Waals surface area contributed by atoms with Gasteiger partial charge in [-0.1, -0.05) is 35.9 Å². The zero-order valence-electron chi connectivity index (χ0n) is 15.5. The van der Waals surface area contributed by atoms with Gasteiger partial charge < -0.3 is 20.3 Å². The molecule has 1 saturated heterocycles. The molecule has 28 heavy (non-hydrogen) atoms. The van der Waals surface area contributed by atoms with Crippen LogP contribution in [0, 0.1) is 0 Å². The number of nitrogens with zero attached hydrogens (tertiary/aromatic N) is 1. The predicted octanol–water partition coefficient (Wildman–Crippen LogP) is 3.40. The zero-order valence-corrected chi connectivity index (χ0v) is 17.1. The Bertz CT molecular complexity index is 815. The van der Waals surface area contributed by atoms with E-state index < -0.39 is 0 Å². The molecule has 0 bridgehead atoms. The molecule has 2 N–H and O–H groups in total. The second kappa shape index (κ2) is 10.3. The summed E-state index contributed by atoms with van der Waals surface area (Å²) in [7, 11) is 1.35. The van der Waals surface area contributed by atoms with Crippen molar-refractivity contribution in [3.05, 3.63) is 70.2 Å². The fourth-order valence-corrected chi connectivity index (χ4v) is 3.31. The fraction of sp³-hybridized carbons (Fsp3) is 0.300. The average molecular weight is 424 g/mol. The molecule has 8 heteroatoms. The molecule has 1 fully saturated rings. The lowest BCUT2D eigenvalue weighted by atomic mass is 10.0. The van der Waals surface area contributed by atoms with Crippen LogP contribution >= 0.6 is 24.0 Å². The molecule has 150 valence electrons. The number of nitrogens with one attached hydrogen (secondary N) is 2. The summed E-state index contributed by atoms with van der Waals surface area (Å²) in [5.41, 5.74) is 2.40. The van der Waals surface area contributed by atoms with E-state index in [0.29, 0.717) is 30.2 Å². The van der Waals surface area contributed by atoms with Crippen LogP contribution in [0.25, 0.3) is 0 Å². The number of hydrogen-bond donors (Lipinski definition) is 2. The average Bonchev–Trinajstić information content (AvgIpc) is 2.72. The Morgan fingerprint density at radius 2 is 2.00 bits per heavy atom. The van der Waals surface area contributed by atoms with Crippen molar-refractivity contribution in [1.82, 2.24) is 15.5 Å². The van der Waals surface area contributed by atoms with Gasteiger partial charge >= 0.3 is 12.0 Å². The number of methoxy groups -OCH3 is 1. The van der Waals surface area contributed by atoms with Crippen LogP contribution in [0.4, 0.5) is 4.79 Å². The second-order valence-corrected chi connectivity index (χ2v) is 6.75. The maximum atomic E-state index is 12.7. The number of halogens is 2. The SMILES string of the molecule is COC(=O)c1ccc(CNC(=O)N2CCNCC2c2cccc(Cl)c2)cc1.Cl. The Hall–Kier alpha value is -2.28. The van der Waals surface area contributed by atoms with Crippen LogP contribution in [-0.2, 0) is 11.3 Å². The van der Waals surface area contributed by atoms with Crippen LogP contribution in [0.1, 0.15) is 27.5 Å². The fourth-order valence-electron chi connectivity index (χ4n) is 3.11. The molecule has 1 aliphatic heterocycles. The number of ether oxygens (including phenoxy) is 1. The van der Waals surface area contributed by atoms with E-state index in [1.54, 1.807) is 24.3 Å². The lowest BCUT2D eigenvalue weighted by Gasteiger charge is -2.36. The topological polar surface area (TPSA) is 70.7 Å². The van der Waals surface area contributed by atoms with Crippen molar-refractivity contribution in [1.29, 1.82) is 0 Å². The zero-order chi connectivity index (χ0) is 19.2. The lowest BCUT2D eigenvalue weighted by Crippen LogP contribution is -2.51. The van der Waals surface area contributed by atoms with Gasteiger partial charge in [0.2, 0.25) is 0 Å². The van der Waals surface area contributed by atoms with Crippen LogP contribution < -0.4 is 10.6 Å². The second-order valence-electron chi connectivity index (χ2n) is 6.32. The van der Waals surface area contributed by atoms with E-state index in [-0.39, 0.29) is 30.4 Å². The minimum Gasteiger partial charge on any atom is -0.465 e. The van der Waals surface area contributed by atoms with Crippen molar-refractivity contribution < 1.29 is 14.3 Å². The number of hydrogen-bond acceptors (Lipinski definition) is 4. The summed E-state index contributed by atoms with van der Waals surface area (Å²) in [5.74, 6) is -0.379. The van der Waals surface area contributed by atoms with Crippen molar-refractivity contribution in [3.8, 4) is 0 Å². The third kappa shape index (κ3) is 5.38. The van der Waals surface area contributed by atoms with Gasteiger partial charge in [-0.3, -0.25) is 0 Å². The minimum absolute atomic E-state index is 0. The van der Waals surface area contributed by atoms with Gasteiger partial charge in [-0.05, 0) is 35.4 Å². The molecular weight excluding hydrogens is 401 g/mol. The highest BCUT2D eigenvalue weighted by Crippen LogP contribution is 2.24. The van der Waals surface area contributed by atoms with Gasteiger partial charge in [0.1, 0.15) is 0 Å². The highest BCUT2D eigenvalue weighted by molar-refractivity contribution is 6.30. The molecule has 2 aromatic carbocycles. The van der Waals surface area contributed by atoms with Crippen LogP contribution in [-0.4, -0.2) is 43.6 Å². The van der Waals surface area contributed by atoms with Crippen molar-refractivity contribution >= 4 is 36.0 Å². The molecule has 0 spiro atoms. The normalized spacial score (nSPS) is 16.1. The van der Waals surface area contributed by atoms with Crippen LogP contribution in [0.15, 0.2) is 48.5 Å². The molecular formula is C20H23Cl2N3O3. The first kappa shape index (κ1) is 22.0. The molecule has 1 heterocycles. The Morgan fingerprint density at radius 1 is 1.25 bits per heavy atom. The number of esters is 1. The Labute approximate surface area is 175 Å². The van der Waals surface area contributed by atoms with E-state index in [9.17, 15) is 9.59 Å². The van der Waals surface area contributed by atoms with E-state index in [1.165, 1.54) is 7.11 Å². The van der Waals surface area contributed by atoms with Gasteiger partial charge in [0.25, 0.3) is 0 Å². The van der Waals surface area contributed by atoms with E-state index >= 15 is 0 Å². The maximum absolute atomic E-state index is 12.7. The number of piperazine rings is 1. The van der Waals surface area contributed by atoms with E-state index in [0.717, 1.165) is 17.7 Å². The summed E-state index contributed by atoms with van der Waals surface area (Å²) in [6.45, 7) is 2.43. The molecule has 3 rings (SSSR count). The number of urea groups is 1. The van der Waals surface area contributed by atoms with Crippen molar-refractivity contribution in [2.75, 3.05) is 26.7 Å². The molecule has 0 radical (unpaired) electrons. The summed E-state index contributed by atoms with van der Waals surface area (Å²) in [6, 6.07) is 14.4. The quantitative estimate of drug-likeness (QED) is 0.739. The van der Waals surface area contributed by atoms with Crippen molar-refractivity contribution in [2.24, 2.45) is 0 Å². The molecule has 2 aromatic rings. The number of carbonyl (C=O) groups excluding carboxylic acids is 2. The minimum atomic E-state index is -0.379. The van der Waals surface area contributed by atoms with Gasteiger partial charge in [0, 0.05) is 31.2 Å². The maximum Gasteiger partial charge on any atom is 0.337 e. The van der Waals surface area contributed by atoms with Crippen LogP contribution in [0.2, 0.25) is 5.02 Å². The highest BCUT2D eigenvalue weighted by atomic mass is 35.5. The van der Waals surface area contributed by atoms with Crippen LogP contribution in [0.5, 0.6) is 0 Å². The monoisotopic (exact) mass is 423 g/mol. The number of amides is 2. The number of carbonyl (C=O) groups is 2. The summed E-state index contributed by atoms with van der Waals surface area (Å²) in [4.78, 5) is 26.0. The molecule has 1 unspecified atom stereocenters. The predicted molar refractivity (Wildman–Crippen MR) is 111 cm³/mol. The number of rotatable bonds is 4. The van der Waals surface area contributed by atoms with Gasteiger partial charge in [0.05, 0.1) is 18.7 Å². The first-order valence-electron chi connectivity index (χ1n) is 8.76. The number of benzene rings is 2. The first-order chi connectivity index (χ1) is 13.1. The van der Waals surface area contributed by atoms with Gasteiger partial charge in [-0.2, -0.15) is 0 Å². The molecule has 1 aliphatic rings. The van der Waals surface area contributed by atoms with Crippen molar-refractivity contribution in [3.63, 3.8) is 0 Å². The molecule has 0 aliphatic carbocycles. The lowest BCUT2D eigenvalue weighted by molar-refractivity contribution is 0.0600. The Morgan fingerprint density at radius 3 is 2.68 bits per heavy atom. The summed E-state index contributed by atoms with van der Waals surface area (Å²) in [5, 5.41) is 6.94. The summed E-state index contributed by atoms with van der Waals surface area (Å²) < 4.78 is 4.69. The third-order valence-electron chi connectivity index (χ3n) is 4.56. The molecule has 1 atom stereocenters. The van der Waals surface area contributed by atoms with E-state index in [2.05, 4.69) is 15.4 Å². The Kier molecular flexibility index (Phi) is 8.11. The summed E-state index contributed by atoms with van der Waals surface area (Å²) in [6.07, 6.45) is 0. The summed E-state index contributed by atoms with van der Waals surface area (Å²) >= 11 is 6.11. The standard InChI is InChI=1S/C20H22ClN3O3.ClH/c1-27-19(25)15-7-5-14(6-8-15)12-23-20(26)24-10-9-22-13-18(24)16-3-2-4-17(21)11-16;/h2-8,11,18,22H,9-10,12-13H2,1H3,(H,23,26);1H. The third-order valence-corrected chi connectivity index (χ3v) is 4.79. The first-order valence-corrected chi connectivity index (χ1v) is 9.14. The molecule has 2 amide bonds. The molecule has 6 nitrogen and oxygen atoms in total. The van der Waals surface area contributed by atoms with Crippen molar-refractivity contribution in [2.45, 2.75) is 12.6 Å². The van der Waals surface area contributed by atoms with Gasteiger partial charge in [0.15, 0.2) is 0 Å². The Balaban J connectivity index is 0.00000280. The largest absolute Gasteiger partial charge is 0.465 e.